The summed E-state index contributed by atoms with van der Waals surface area (Å²) in [5.41, 5.74) is 0.672. The first-order valence-electron chi connectivity index (χ1n) is 5.62. The number of benzene rings is 2. The summed E-state index contributed by atoms with van der Waals surface area (Å²) in [6.45, 7) is 0. The van der Waals surface area contributed by atoms with Gasteiger partial charge in [-0.1, -0.05) is 65.2 Å². The molecular weight excluding hydrogens is 290 g/mol. The standard InChI is InChI=1S/C14H10N2O3.2Na/c17-11-7-3-1-5-9(11)13-15-14(19-16-13)10-6-2-4-8-12(10)18;;/h1-8,17-18H;;/q;2*+1/p-2. The van der Waals surface area contributed by atoms with Crippen LogP contribution < -0.4 is 69.3 Å². The van der Waals surface area contributed by atoms with Crippen molar-refractivity contribution in [2.24, 2.45) is 0 Å². The molecule has 0 aliphatic rings. The van der Waals surface area contributed by atoms with Crippen LogP contribution in [0.5, 0.6) is 11.5 Å². The molecule has 0 N–H and O–H groups in total. The first kappa shape index (κ1) is 18.2. The number of hydrogen-bond acceptors (Lipinski definition) is 5. The summed E-state index contributed by atoms with van der Waals surface area (Å²) in [6.07, 6.45) is 0. The molecule has 0 saturated carbocycles. The van der Waals surface area contributed by atoms with Crippen LogP contribution in [-0.2, 0) is 0 Å². The van der Waals surface area contributed by atoms with Crippen molar-refractivity contribution in [2.75, 3.05) is 0 Å². The molecule has 1 aromatic heterocycles. The van der Waals surface area contributed by atoms with Crippen LogP contribution >= 0.6 is 0 Å². The number of rotatable bonds is 2. The van der Waals surface area contributed by atoms with Gasteiger partial charge in [0, 0.05) is 11.1 Å². The first-order valence-corrected chi connectivity index (χ1v) is 5.62. The van der Waals surface area contributed by atoms with Gasteiger partial charge in [-0.3, -0.25) is 0 Å². The fraction of sp³-hybridized carbons (Fsp3) is 0. The van der Waals surface area contributed by atoms with Crippen LogP contribution in [0.1, 0.15) is 0 Å². The van der Waals surface area contributed by atoms with Gasteiger partial charge in [0.1, 0.15) is 0 Å². The zero-order chi connectivity index (χ0) is 13.2. The van der Waals surface area contributed by atoms with E-state index in [0.717, 1.165) is 0 Å². The normalized spacial score (nSPS) is 9.52. The Morgan fingerprint density at radius 2 is 1.29 bits per heavy atom. The van der Waals surface area contributed by atoms with Crippen LogP contribution in [-0.4, -0.2) is 10.1 Å². The SMILES string of the molecule is [Na+].[Na+].[O-]c1ccccc1-c1noc(-c2ccccc2[O-])n1. The summed E-state index contributed by atoms with van der Waals surface area (Å²) >= 11 is 0. The van der Waals surface area contributed by atoms with Crippen LogP contribution in [0.25, 0.3) is 22.8 Å². The Morgan fingerprint density at radius 1 is 0.762 bits per heavy atom. The number of nitrogens with zero attached hydrogens (tertiary/aromatic N) is 2. The van der Waals surface area contributed by atoms with Gasteiger partial charge in [-0.05, 0) is 0 Å². The van der Waals surface area contributed by atoms with Crippen LogP contribution in [0, 0.1) is 0 Å². The minimum Gasteiger partial charge on any atom is -0.872 e. The fourth-order valence-electron chi connectivity index (χ4n) is 1.74. The molecule has 3 rings (SSSR count). The van der Waals surface area contributed by atoms with E-state index in [-0.39, 0.29) is 82.3 Å². The minimum atomic E-state index is -0.201. The molecule has 5 nitrogen and oxygen atoms in total. The molecule has 0 fully saturated rings. The summed E-state index contributed by atoms with van der Waals surface area (Å²) < 4.78 is 5.04. The van der Waals surface area contributed by atoms with E-state index >= 15 is 0 Å². The van der Waals surface area contributed by atoms with Crippen LogP contribution in [0.4, 0.5) is 0 Å². The number of hydrogen-bond donors (Lipinski definition) is 0. The molecule has 94 valence electrons. The third kappa shape index (κ3) is 3.88. The zero-order valence-electron chi connectivity index (χ0n) is 11.7. The van der Waals surface area contributed by atoms with E-state index in [9.17, 15) is 10.2 Å². The molecule has 0 unspecified atom stereocenters. The quantitative estimate of drug-likeness (QED) is 0.446. The Kier molecular flexibility index (Phi) is 6.93. The zero-order valence-corrected chi connectivity index (χ0v) is 15.7. The molecule has 0 atom stereocenters. The van der Waals surface area contributed by atoms with Gasteiger partial charge in [0.2, 0.25) is 5.82 Å². The third-order valence-electron chi connectivity index (χ3n) is 2.67. The van der Waals surface area contributed by atoms with E-state index in [0.29, 0.717) is 11.1 Å². The maximum Gasteiger partial charge on any atom is 1.00 e. The molecule has 0 aliphatic carbocycles. The monoisotopic (exact) mass is 298 g/mol. The van der Waals surface area contributed by atoms with E-state index < -0.39 is 0 Å². The summed E-state index contributed by atoms with van der Waals surface area (Å²) in [7, 11) is 0. The van der Waals surface area contributed by atoms with E-state index in [1.165, 1.54) is 12.1 Å². The molecule has 0 amide bonds. The first-order chi connectivity index (χ1) is 9.25. The van der Waals surface area contributed by atoms with Crippen molar-refractivity contribution in [1.82, 2.24) is 10.1 Å². The molecule has 1 heterocycles. The predicted molar refractivity (Wildman–Crippen MR) is 64.1 cm³/mol. The molecule has 0 spiro atoms. The second-order valence-corrected chi connectivity index (χ2v) is 3.92. The topological polar surface area (TPSA) is 85.0 Å². The Bertz CT molecular complexity index is 671. The summed E-state index contributed by atoms with van der Waals surface area (Å²) in [4.78, 5) is 4.09. The van der Waals surface area contributed by atoms with Gasteiger partial charge < -0.3 is 14.7 Å². The van der Waals surface area contributed by atoms with Gasteiger partial charge in [-0.25, -0.2) is 0 Å². The van der Waals surface area contributed by atoms with E-state index in [1.807, 2.05) is 0 Å². The molecule has 3 aromatic rings. The molecule has 0 aliphatic heterocycles. The fourth-order valence-corrected chi connectivity index (χ4v) is 1.74. The molecule has 0 radical (unpaired) electrons. The molecule has 0 saturated heterocycles. The van der Waals surface area contributed by atoms with Gasteiger partial charge in [-0.15, -0.1) is 0 Å². The van der Waals surface area contributed by atoms with Gasteiger partial charge in [0.05, 0.1) is 0 Å². The molecular formula is C14H8N2Na2O3. The van der Waals surface area contributed by atoms with Crippen LogP contribution in [0.2, 0.25) is 0 Å². The number of para-hydroxylation sites is 2. The predicted octanol–water partition coefficient (Wildman–Crippen LogP) is -4.44. The summed E-state index contributed by atoms with van der Waals surface area (Å²) in [5.74, 6) is -0.0916. The minimum absolute atomic E-state index is 0. The van der Waals surface area contributed by atoms with Crippen molar-refractivity contribution in [3.05, 3.63) is 48.5 Å². The molecule has 2 aromatic carbocycles. The maximum absolute atomic E-state index is 11.6. The third-order valence-corrected chi connectivity index (χ3v) is 2.67. The second kappa shape index (κ2) is 7.98. The van der Waals surface area contributed by atoms with E-state index in [4.69, 9.17) is 4.52 Å². The molecule has 21 heavy (non-hydrogen) atoms. The van der Waals surface area contributed by atoms with Crippen molar-refractivity contribution >= 4 is 0 Å². The number of aromatic nitrogens is 2. The van der Waals surface area contributed by atoms with Crippen molar-refractivity contribution < 1.29 is 73.9 Å². The Hall–Kier alpha value is -0.820. The van der Waals surface area contributed by atoms with Crippen molar-refractivity contribution in [2.45, 2.75) is 0 Å². The van der Waals surface area contributed by atoms with E-state index in [2.05, 4.69) is 10.1 Å². The Morgan fingerprint density at radius 3 is 1.86 bits per heavy atom. The summed E-state index contributed by atoms with van der Waals surface area (Å²) in [6, 6.07) is 12.8. The summed E-state index contributed by atoms with van der Waals surface area (Å²) in [5, 5.41) is 27.0. The van der Waals surface area contributed by atoms with Crippen molar-refractivity contribution in [3.8, 4) is 34.3 Å². The smallest absolute Gasteiger partial charge is 0.872 e. The molecule has 0 bridgehead atoms. The van der Waals surface area contributed by atoms with Gasteiger partial charge >= 0.3 is 59.1 Å². The van der Waals surface area contributed by atoms with Crippen molar-refractivity contribution in [1.29, 1.82) is 0 Å². The van der Waals surface area contributed by atoms with E-state index in [1.54, 1.807) is 36.4 Å². The average Bonchev–Trinajstić information content (AvgIpc) is 2.89. The molecule has 7 heteroatoms. The van der Waals surface area contributed by atoms with Crippen LogP contribution in [0.15, 0.2) is 53.1 Å². The van der Waals surface area contributed by atoms with Crippen LogP contribution in [0.3, 0.4) is 0 Å². The largest absolute Gasteiger partial charge is 1.00 e. The second-order valence-electron chi connectivity index (χ2n) is 3.92. The average molecular weight is 298 g/mol. The van der Waals surface area contributed by atoms with Crippen molar-refractivity contribution in [3.63, 3.8) is 0 Å². The van der Waals surface area contributed by atoms with Gasteiger partial charge in [-0.2, -0.15) is 4.98 Å². The van der Waals surface area contributed by atoms with Gasteiger partial charge in [0.15, 0.2) is 0 Å². The van der Waals surface area contributed by atoms with Gasteiger partial charge in [0.25, 0.3) is 5.89 Å². The Balaban J connectivity index is 0.00000110. The maximum atomic E-state index is 11.6. The Labute approximate surface area is 165 Å².